The molecule has 0 aromatic heterocycles. The Kier molecular flexibility index (Phi) is 3.94. The molecule has 5 unspecified atom stereocenters. The van der Waals surface area contributed by atoms with Crippen LogP contribution < -0.4 is 5.32 Å². The van der Waals surface area contributed by atoms with E-state index in [0.29, 0.717) is 16.9 Å². The summed E-state index contributed by atoms with van der Waals surface area (Å²) in [5.74, 6) is 1.69. The van der Waals surface area contributed by atoms with Crippen LogP contribution in [-0.4, -0.2) is 25.3 Å². The van der Waals surface area contributed by atoms with Crippen LogP contribution in [0.3, 0.4) is 0 Å². The van der Waals surface area contributed by atoms with E-state index in [4.69, 9.17) is 4.74 Å². The fourth-order valence-electron chi connectivity index (χ4n) is 5.85. The van der Waals surface area contributed by atoms with Crippen molar-refractivity contribution in [2.45, 2.75) is 84.3 Å². The fourth-order valence-corrected chi connectivity index (χ4v) is 5.85. The maximum absolute atomic E-state index is 6.96. The Morgan fingerprint density at radius 2 is 1.90 bits per heavy atom. The van der Waals surface area contributed by atoms with Crippen molar-refractivity contribution >= 4 is 0 Å². The minimum absolute atomic E-state index is 0.0979. The van der Waals surface area contributed by atoms with E-state index in [-0.39, 0.29) is 5.60 Å². The highest BCUT2D eigenvalue weighted by molar-refractivity contribution is 5.12. The smallest absolute Gasteiger partial charge is 0.0812 e. The van der Waals surface area contributed by atoms with Crippen LogP contribution in [0.25, 0.3) is 0 Å². The van der Waals surface area contributed by atoms with Crippen molar-refractivity contribution in [1.29, 1.82) is 0 Å². The molecular formula is C19H35NO. The summed E-state index contributed by atoms with van der Waals surface area (Å²) in [5, 5.41) is 3.43. The molecule has 1 N–H and O–H groups in total. The second-order valence-corrected chi connectivity index (χ2v) is 9.13. The Bertz CT molecular complexity index is 389. The highest BCUT2D eigenvalue weighted by Crippen LogP contribution is 2.66. The van der Waals surface area contributed by atoms with Crippen LogP contribution in [0.4, 0.5) is 0 Å². The third-order valence-electron chi connectivity index (χ3n) is 7.65. The Balaban J connectivity index is 1.78. The molecule has 3 saturated carbocycles. The second-order valence-electron chi connectivity index (χ2n) is 9.13. The largest absolute Gasteiger partial charge is 0.370 e. The highest BCUT2D eigenvalue weighted by atomic mass is 16.5. The number of likely N-dealkylation sites (N-methyl/N-ethyl adjacent to an activating group) is 1. The zero-order valence-corrected chi connectivity index (χ0v) is 14.8. The Labute approximate surface area is 131 Å². The van der Waals surface area contributed by atoms with Gasteiger partial charge in [-0.3, -0.25) is 0 Å². The molecule has 2 nitrogen and oxygen atoms in total. The molecule has 3 rings (SSSR count). The first-order valence-corrected chi connectivity index (χ1v) is 9.15. The Hall–Kier alpha value is -0.0800. The lowest BCUT2D eigenvalue weighted by Gasteiger charge is -2.47. The molecule has 0 radical (unpaired) electrons. The summed E-state index contributed by atoms with van der Waals surface area (Å²) in [7, 11) is 2.08. The molecule has 122 valence electrons. The Morgan fingerprint density at radius 3 is 2.43 bits per heavy atom. The molecule has 0 aliphatic heterocycles. The molecule has 0 aromatic carbocycles. The third kappa shape index (κ3) is 2.37. The molecule has 2 heteroatoms. The van der Waals surface area contributed by atoms with Gasteiger partial charge in [0.1, 0.15) is 0 Å². The molecule has 5 atom stereocenters. The van der Waals surface area contributed by atoms with Gasteiger partial charge in [0, 0.05) is 6.54 Å². The van der Waals surface area contributed by atoms with Gasteiger partial charge in [0.05, 0.1) is 11.7 Å². The topological polar surface area (TPSA) is 21.3 Å². The molecule has 0 amide bonds. The van der Waals surface area contributed by atoms with Crippen LogP contribution in [-0.2, 0) is 4.74 Å². The van der Waals surface area contributed by atoms with Crippen LogP contribution in [0.2, 0.25) is 0 Å². The monoisotopic (exact) mass is 293 g/mol. The summed E-state index contributed by atoms with van der Waals surface area (Å²) >= 11 is 0. The van der Waals surface area contributed by atoms with E-state index in [1.165, 1.54) is 44.9 Å². The maximum Gasteiger partial charge on any atom is 0.0812 e. The fraction of sp³-hybridized carbons (Fsp3) is 1.00. The van der Waals surface area contributed by atoms with Gasteiger partial charge in [-0.15, -0.1) is 0 Å². The van der Waals surface area contributed by atoms with Gasteiger partial charge in [0.2, 0.25) is 0 Å². The first kappa shape index (κ1) is 15.8. The van der Waals surface area contributed by atoms with E-state index in [0.717, 1.165) is 18.4 Å². The number of rotatable bonds is 4. The number of nitrogens with one attached hydrogen (secondary N) is 1. The van der Waals surface area contributed by atoms with Crippen molar-refractivity contribution in [2.75, 3.05) is 13.6 Å². The van der Waals surface area contributed by atoms with Gasteiger partial charge >= 0.3 is 0 Å². The lowest BCUT2D eigenvalue weighted by Crippen LogP contribution is -2.51. The number of hydrogen-bond donors (Lipinski definition) is 1. The van der Waals surface area contributed by atoms with Gasteiger partial charge in [-0.2, -0.15) is 0 Å². The lowest BCUT2D eigenvalue weighted by atomic mass is 9.69. The molecule has 0 spiro atoms. The van der Waals surface area contributed by atoms with Gasteiger partial charge in [-0.1, -0.05) is 40.5 Å². The standard InChI is InChI=1S/C19H35NO/c1-14-7-6-9-19(12-14,13-20-5)21-16-11-15-8-10-18(16,4)17(15,2)3/h14-16,20H,6-13H2,1-5H3. The molecule has 0 saturated heterocycles. The maximum atomic E-state index is 6.96. The van der Waals surface area contributed by atoms with Crippen molar-refractivity contribution in [1.82, 2.24) is 5.32 Å². The molecule has 0 aromatic rings. The summed E-state index contributed by atoms with van der Waals surface area (Å²) in [6.07, 6.45) is 9.75. The minimum Gasteiger partial charge on any atom is -0.370 e. The van der Waals surface area contributed by atoms with Crippen molar-refractivity contribution in [3.8, 4) is 0 Å². The predicted molar refractivity (Wildman–Crippen MR) is 88.4 cm³/mol. The second kappa shape index (κ2) is 5.23. The molecule has 0 heterocycles. The van der Waals surface area contributed by atoms with E-state index in [9.17, 15) is 0 Å². The molecule has 21 heavy (non-hydrogen) atoms. The minimum atomic E-state index is 0.0979. The molecule has 3 fully saturated rings. The number of hydrogen-bond acceptors (Lipinski definition) is 2. The van der Waals surface area contributed by atoms with E-state index < -0.39 is 0 Å². The van der Waals surface area contributed by atoms with E-state index in [1.54, 1.807) is 0 Å². The average Bonchev–Trinajstić information content (AvgIpc) is 2.72. The lowest BCUT2D eigenvalue weighted by molar-refractivity contribution is -0.161. The van der Waals surface area contributed by atoms with Crippen molar-refractivity contribution in [2.24, 2.45) is 22.7 Å². The summed E-state index contributed by atoms with van der Waals surface area (Å²) in [6, 6.07) is 0. The van der Waals surface area contributed by atoms with Crippen LogP contribution >= 0.6 is 0 Å². The first-order valence-electron chi connectivity index (χ1n) is 9.15. The van der Waals surface area contributed by atoms with Gasteiger partial charge in [-0.25, -0.2) is 0 Å². The Morgan fingerprint density at radius 1 is 1.14 bits per heavy atom. The summed E-state index contributed by atoms with van der Waals surface area (Å²) in [6.45, 7) is 10.9. The van der Waals surface area contributed by atoms with E-state index >= 15 is 0 Å². The van der Waals surface area contributed by atoms with Gasteiger partial charge in [-0.05, 0) is 61.8 Å². The van der Waals surface area contributed by atoms with Gasteiger partial charge < -0.3 is 10.1 Å². The van der Waals surface area contributed by atoms with Crippen molar-refractivity contribution in [3.63, 3.8) is 0 Å². The predicted octanol–water partition coefficient (Wildman–Crippen LogP) is 4.39. The number of fused-ring (bicyclic) bond motifs is 2. The quantitative estimate of drug-likeness (QED) is 0.830. The van der Waals surface area contributed by atoms with Crippen LogP contribution in [0.15, 0.2) is 0 Å². The first-order chi connectivity index (χ1) is 9.83. The molecule has 3 aliphatic carbocycles. The van der Waals surface area contributed by atoms with Crippen LogP contribution in [0.1, 0.15) is 72.6 Å². The van der Waals surface area contributed by atoms with Crippen molar-refractivity contribution < 1.29 is 4.74 Å². The van der Waals surface area contributed by atoms with E-state index in [2.05, 4.69) is 40.1 Å². The molecular weight excluding hydrogens is 258 g/mol. The summed E-state index contributed by atoms with van der Waals surface area (Å²) < 4.78 is 6.96. The highest BCUT2D eigenvalue weighted by Gasteiger charge is 2.63. The van der Waals surface area contributed by atoms with Gasteiger partial charge in [0.15, 0.2) is 0 Å². The molecule has 2 bridgehead atoms. The number of ether oxygens (including phenoxy) is 1. The summed E-state index contributed by atoms with van der Waals surface area (Å²) in [4.78, 5) is 0. The average molecular weight is 293 g/mol. The SMILES string of the molecule is CNCC1(OC2CC3CCC2(C)C3(C)C)CCCC(C)C1. The molecule has 3 aliphatic rings. The van der Waals surface area contributed by atoms with E-state index in [1.807, 2.05) is 0 Å². The van der Waals surface area contributed by atoms with Gasteiger partial charge in [0.25, 0.3) is 0 Å². The summed E-state index contributed by atoms with van der Waals surface area (Å²) in [5.41, 5.74) is 0.943. The third-order valence-corrected chi connectivity index (χ3v) is 7.65. The zero-order chi connectivity index (χ0) is 15.3. The van der Waals surface area contributed by atoms with Crippen LogP contribution in [0, 0.1) is 22.7 Å². The van der Waals surface area contributed by atoms with Crippen LogP contribution in [0.5, 0.6) is 0 Å². The van der Waals surface area contributed by atoms with Crippen molar-refractivity contribution in [3.05, 3.63) is 0 Å². The zero-order valence-electron chi connectivity index (χ0n) is 14.8. The normalized spacial score (nSPS) is 48.7.